The summed E-state index contributed by atoms with van der Waals surface area (Å²) in [6.45, 7) is 2.33. The van der Waals surface area contributed by atoms with Crippen molar-refractivity contribution >= 4 is 0 Å². The number of hydrogen-bond donors (Lipinski definition) is 1. The van der Waals surface area contributed by atoms with Crippen molar-refractivity contribution in [3.05, 3.63) is 59.7 Å². The van der Waals surface area contributed by atoms with Crippen LogP contribution in [0.4, 0.5) is 0 Å². The van der Waals surface area contributed by atoms with Gasteiger partial charge in [-0.25, -0.2) is 0 Å². The van der Waals surface area contributed by atoms with Crippen LogP contribution in [0, 0.1) is 0 Å². The van der Waals surface area contributed by atoms with E-state index in [9.17, 15) is 0 Å². The smallest absolute Gasteiger partial charge is 0.0681 e. The predicted molar refractivity (Wildman–Crippen MR) is 76.4 cm³/mol. The maximum absolute atomic E-state index is 9.02. The van der Waals surface area contributed by atoms with E-state index < -0.39 is 0 Å². The van der Waals surface area contributed by atoms with Crippen LogP contribution in [0.5, 0.6) is 0 Å². The van der Waals surface area contributed by atoms with E-state index in [-0.39, 0.29) is 6.61 Å². The summed E-state index contributed by atoms with van der Waals surface area (Å²) in [7, 11) is 0. The van der Waals surface area contributed by atoms with Crippen molar-refractivity contribution in [2.75, 3.05) is 0 Å². The molecule has 0 aliphatic rings. The van der Waals surface area contributed by atoms with Gasteiger partial charge in [0, 0.05) is 0 Å². The van der Waals surface area contributed by atoms with Crippen molar-refractivity contribution in [1.29, 1.82) is 0 Å². The Hall–Kier alpha value is -1.60. The highest BCUT2D eigenvalue weighted by atomic mass is 16.3. The van der Waals surface area contributed by atoms with Crippen molar-refractivity contribution in [3.8, 4) is 11.1 Å². The van der Waals surface area contributed by atoms with Gasteiger partial charge in [-0.3, -0.25) is 0 Å². The van der Waals surface area contributed by atoms with Crippen LogP contribution in [0.2, 0.25) is 0 Å². The summed E-state index contributed by atoms with van der Waals surface area (Å²) < 4.78 is 0. The molecule has 0 spiro atoms. The molecule has 1 N–H and O–H groups in total. The van der Waals surface area contributed by atoms with E-state index in [0.29, 0.717) is 0 Å². The summed E-state index contributed by atoms with van der Waals surface area (Å²) in [5.41, 5.74) is 4.81. The molecular formula is C17H20O. The van der Waals surface area contributed by atoms with Gasteiger partial charge in [-0.15, -0.1) is 0 Å². The topological polar surface area (TPSA) is 20.2 Å². The Bertz CT molecular complexity index is 468. The van der Waals surface area contributed by atoms with Gasteiger partial charge in [-0.2, -0.15) is 0 Å². The minimum Gasteiger partial charge on any atom is -0.392 e. The summed E-state index contributed by atoms with van der Waals surface area (Å²) in [6, 6.07) is 16.9. The van der Waals surface area contributed by atoms with Crippen molar-refractivity contribution in [3.63, 3.8) is 0 Å². The van der Waals surface area contributed by atoms with Crippen LogP contribution in [-0.2, 0) is 13.0 Å². The molecule has 0 aliphatic carbocycles. The quantitative estimate of drug-likeness (QED) is 0.831. The fourth-order valence-electron chi connectivity index (χ4n) is 2.05. The molecule has 18 heavy (non-hydrogen) atoms. The van der Waals surface area contributed by atoms with Gasteiger partial charge in [-0.1, -0.05) is 61.9 Å². The molecule has 0 radical (unpaired) electrons. The molecule has 1 nitrogen and oxygen atoms in total. The molecule has 0 aromatic heterocycles. The van der Waals surface area contributed by atoms with Gasteiger partial charge in [0.15, 0.2) is 0 Å². The van der Waals surface area contributed by atoms with E-state index in [2.05, 4.69) is 43.3 Å². The zero-order valence-electron chi connectivity index (χ0n) is 10.9. The molecule has 0 saturated heterocycles. The first-order valence-electron chi connectivity index (χ1n) is 6.62. The van der Waals surface area contributed by atoms with Gasteiger partial charge in [0.2, 0.25) is 0 Å². The first-order chi connectivity index (χ1) is 8.83. The van der Waals surface area contributed by atoms with Gasteiger partial charge in [-0.05, 0) is 35.1 Å². The third kappa shape index (κ3) is 3.21. The van der Waals surface area contributed by atoms with Gasteiger partial charge in [0.05, 0.1) is 6.61 Å². The zero-order valence-corrected chi connectivity index (χ0v) is 10.9. The Kier molecular flexibility index (Phi) is 4.54. The summed E-state index contributed by atoms with van der Waals surface area (Å²) in [5, 5.41) is 9.02. The number of aryl methyl sites for hydroxylation is 1. The third-order valence-corrected chi connectivity index (χ3v) is 3.24. The van der Waals surface area contributed by atoms with Gasteiger partial charge < -0.3 is 5.11 Å². The molecule has 0 unspecified atom stereocenters. The van der Waals surface area contributed by atoms with Crippen LogP contribution >= 0.6 is 0 Å². The molecule has 2 aromatic carbocycles. The first kappa shape index (κ1) is 12.8. The zero-order chi connectivity index (χ0) is 12.8. The number of unbranched alkanes of at least 4 members (excludes halogenated alkanes) is 1. The minimum atomic E-state index is 0.107. The largest absolute Gasteiger partial charge is 0.392 e. The molecular weight excluding hydrogens is 220 g/mol. The Morgan fingerprint density at radius 1 is 0.778 bits per heavy atom. The second-order valence-corrected chi connectivity index (χ2v) is 4.66. The van der Waals surface area contributed by atoms with Crippen molar-refractivity contribution in [2.24, 2.45) is 0 Å². The maximum Gasteiger partial charge on any atom is 0.0681 e. The Balaban J connectivity index is 2.12. The second-order valence-electron chi connectivity index (χ2n) is 4.66. The molecule has 0 aliphatic heterocycles. The lowest BCUT2D eigenvalue weighted by molar-refractivity contribution is 0.282. The molecule has 0 saturated carbocycles. The molecule has 0 amide bonds. The van der Waals surface area contributed by atoms with E-state index in [0.717, 1.165) is 5.56 Å². The molecule has 0 heterocycles. The van der Waals surface area contributed by atoms with E-state index in [1.807, 2.05) is 12.1 Å². The highest BCUT2D eigenvalue weighted by Crippen LogP contribution is 2.21. The third-order valence-electron chi connectivity index (χ3n) is 3.24. The lowest BCUT2D eigenvalue weighted by Crippen LogP contribution is -1.86. The molecule has 94 valence electrons. The number of hydrogen-bond acceptors (Lipinski definition) is 1. The summed E-state index contributed by atoms with van der Waals surface area (Å²) >= 11 is 0. The van der Waals surface area contributed by atoms with Gasteiger partial charge >= 0.3 is 0 Å². The Morgan fingerprint density at radius 2 is 1.28 bits per heavy atom. The average Bonchev–Trinajstić information content (AvgIpc) is 2.46. The standard InChI is InChI=1S/C17H20O/c1-2-3-4-14-5-9-16(10-6-14)17-11-7-15(13-18)8-12-17/h5-12,18H,2-4,13H2,1H3. The van der Waals surface area contributed by atoms with Crippen LogP contribution < -0.4 is 0 Å². The summed E-state index contributed by atoms with van der Waals surface area (Å²) in [6.07, 6.45) is 3.66. The molecule has 0 atom stereocenters. The van der Waals surface area contributed by atoms with Crippen LogP contribution in [0.1, 0.15) is 30.9 Å². The highest BCUT2D eigenvalue weighted by molar-refractivity contribution is 5.63. The minimum absolute atomic E-state index is 0.107. The number of aliphatic hydroxyl groups is 1. The summed E-state index contributed by atoms with van der Waals surface area (Å²) in [5.74, 6) is 0. The lowest BCUT2D eigenvalue weighted by atomic mass is 10.0. The summed E-state index contributed by atoms with van der Waals surface area (Å²) in [4.78, 5) is 0. The van der Waals surface area contributed by atoms with Gasteiger partial charge in [0.25, 0.3) is 0 Å². The molecule has 0 bridgehead atoms. The first-order valence-corrected chi connectivity index (χ1v) is 6.62. The number of benzene rings is 2. The van der Waals surface area contributed by atoms with E-state index >= 15 is 0 Å². The number of aliphatic hydroxyl groups excluding tert-OH is 1. The number of rotatable bonds is 5. The van der Waals surface area contributed by atoms with Gasteiger partial charge in [0.1, 0.15) is 0 Å². The SMILES string of the molecule is CCCCc1ccc(-c2ccc(CO)cc2)cc1. The van der Waals surface area contributed by atoms with Crippen molar-refractivity contribution in [2.45, 2.75) is 32.8 Å². The van der Waals surface area contributed by atoms with E-state index in [1.165, 1.54) is 36.0 Å². The predicted octanol–water partition coefficient (Wildman–Crippen LogP) is 4.19. The monoisotopic (exact) mass is 240 g/mol. The van der Waals surface area contributed by atoms with Crippen LogP contribution in [0.15, 0.2) is 48.5 Å². The second kappa shape index (κ2) is 6.36. The molecule has 2 aromatic rings. The Labute approximate surface area is 109 Å². The van der Waals surface area contributed by atoms with Crippen LogP contribution in [-0.4, -0.2) is 5.11 Å². The van der Waals surface area contributed by atoms with E-state index in [1.54, 1.807) is 0 Å². The van der Waals surface area contributed by atoms with Crippen molar-refractivity contribution in [1.82, 2.24) is 0 Å². The van der Waals surface area contributed by atoms with Crippen LogP contribution in [0.25, 0.3) is 11.1 Å². The molecule has 0 fully saturated rings. The normalized spacial score (nSPS) is 10.6. The fourth-order valence-corrected chi connectivity index (χ4v) is 2.05. The fraction of sp³-hybridized carbons (Fsp3) is 0.294. The van der Waals surface area contributed by atoms with Crippen LogP contribution in [0.3, 0.4) is 0 Å². The van der Waals surface area contributed by atoms with E-state index in [4.69, 9.17) is 5.11 Å². The average molecular weight is 240 g/mol. The highest BCUT2D eigenvalue weighted by Gasteiger charge is 1.98. The molecule has 1 heteroatoms. The lowest BCUT2D eigenvalue weighted by Gasteiger charge is -2.05. The van der Waals surface area contributed by atoms with Crippen molar-refractivity contribution < 1.29 is 5.11 Å². The Morgan fingerprint density at radius 3 is 1.72 bits per heavy atom. The molecule has 2 rings (SSSR count). The maximum atomic E-state index is 9.02.